The number of fused-ring (bicyclic) bond motifs is 1. The van der Waals surface area contributed by atoms with Crippen LogP contribution in [0.25, 0.3) is 10.9 Å². The van der Waals surface area contributed by atoms with Gasteiger partial charge in [0, 0.05) is 19.3 Å². The van der Waals surface area contributed by atoms with Crippen LogP contribution < -0.4 is 10.3 Å². The van der Waals surface area contributed by atoms with Gasteiger partial charge in [-0.25, -0.2) is 8.42 Å². The smallest absolute Gasteiger partial charge is 0.248 e. The molecule has 0 aliphatic carbocycles. The van der Waals surface area contributed by atoms with Gasteiger partial charge in [0.05, 0.1) is 23.7 Å². The molecule has 5 rings (SSSR count). The number of amides is 1. The first-order valence-corrected chi connectivity index (χ1v) is 14.2. The Bertz CT molecular complexity index is 1710. The van der Waals surface area contributed by atoms with E-state index in [1.165, 1.54) is 41.9 Å². The topological polar surface area (TPSA) is 112 Å². The fraction of sp³-hybridized carbons (Fsp3) is 0.143. The third kappa shape index (κ3) is 5.47. The highest BCUT2D eigenvalue weighted by Crippen LogP contribution is 2.30. The number of nitrogens with one attached hydrogen (secondary N) is 2. The second-order valence-electron chi connectivity index (χ2n) is 8.77. The SMILES string of the molecule is CC(c1cccs1)N(Cc1ccco1)C(=O)C(NS(=O)(=O)c1ccc2[nH]c(=O)ccc2c1)c1ccccc1.[HH].[HH]. The lowest BCUT2D eigenvalue weighted by Crippen LogP contribution is -2.43. The van der Waals surface area contributed by atoms with Crippen molar-refractivity contribution in [1.82, 2.24) is 14.6 Å². The molecule has 0 aliphatic rings. The van der Waals surface area contributed by atoms with Crippen LogP contribution in [0.2, 0.25) is 0 Å². The Hall–Kier alpha value is -3.99. The molecule has 198 valence electrons. The quantitative estimate of drug-likeness (QED) is 0.252. The van der Waals surface area contributed by atoms with Crippen molar-refractivity contribution in [3.05, 3.63) is 123 Å². The fourth-order valence-electron chi connectivity index (χ4n) is 4.25. The average Bonchev–Trinajstić information content (AvgIpc) is 3.65. The lowest BCUT2D eigenvalue weighted by Gasteiger charge is -2.32. The Labute approximate surface area is 226 Å². The van der Waals surface area contributed by atoms with E-state index in [0.717, 1.165) is 4.88 Å². The van der Waals surface area contributed by atoms with Crippen molar-refractivity contribution in [2.24, 2.45) is 0 Å². The van der Waals surface area contributed by atoms with E-state index in [1.807, 2.05) is 24.4 Å². The minimum Gasteiger partial charge on any atom is -0.467 e. The Balaban J connectivity index is 0.00000220. The molecular weight excluding hydrogens is 522 g/mol. The standard InChI is InChI=1S/C28H25N3O5S2.2H2/c1-19(25-10-6-16-37-25)31(18-22-9-5-15-36-22)28(33)27(20-7-3-2-4-8-20)30-38(34,35)23-12-13-24-21(17-23)11-14-26(32)29-24;;/h2-17,19,27,30H,18H2,1H3,(H,29,32);2*1H. The molecule has 2 atom stereocenters. The van der Waals surface area contributed by atoms with Crippen molar-refractivity contribution in [3.63, 3.8) is 0 Å². The molecule has 38 heavy (non-hydrogen) atoms. The molecule has 2 aromatic carbocycles. The molecule has 2 unspecified atom stereocenters. The molecule has 0 radical (unpaired) electrons. The number of benzene rings is 2. The molecule has 0 bridgehead atoms. The number of aromatic amines is 1. The Kier molecular flexibility index (Phi) is 7.28. The van der Waals surface area contributed by atoms with Crippen LogP contribution in [0.15, 0.2) is 111 Å². The van der Waals surface area contributed by atoms with Gasteiger partial charge in [-0.1, -0.05) is 36.4 Å². The van der Waals surface area contributed by atoms with E-state index < -0.39 is 22.0 Å². The highest BCUT2D eigenvalue weighted by Gasteiger charge is 2.34. The number of aromatic nitrogens is 1. The summed E-state index contributed by atoms with van der Waals surface area (Å²) in [5, 5.41) is 2.49. The maximum Gasteiger partial charge on any atom is 0.248 e. The summed E-state index contributed by atoms with van der Waals surface area (Å²) >= 11 is 1.52. The number of sulfonamides is 1. The van der Waals surface area contributed by atoms with Crippen molar-refractivity contribution >= 4 is 38.2 Å². The summed E-state index contributed by atoms with van der Waals surface area (Å²) in [6.07, 6.45) is 1.54. The van der Waals surface area contributed by atoms with Crippen LogP contribution in [0.5, 0.6) is 0 Å². The summed E-state index contributed by atoms with van der Waals surface area (Å²) in [6.45, 7) is 2.08. The Morgan fingerprint density at radius 2 is 1.87 bits per heavy atom. The molecule has 10 heteroatoms. The van der Waals surface area contributed by atoms with Crippen LogP contribution in [0.4, 0.5) is 0 Å². The lowest BCUT2D eigenvalue weighted by atomic mass is 10.1. The zero-order chi connectivity index (χ0) is 26.7. The first-order chi connectivity index (χ1) is 18.3. The number of carbonyl (C=O) groups is 1. The third-order valence-corrected chi connectivity index (χ3v) is 8.73. The van der Waals surface area contributed by atoms with Gasteiger partial charge in [-0.3, -0.25) is 9.59 Å². The number of nitrogens with zero attached hydrogens (tertiary/aromatic N) is 1. The highest BCUT2D eigenvalue weighted by molar-refractivity contribution is 7.89. The predicted molar refractivity (Wildman–Crippen MR) is 150 cm³/mol. The maximum absolute atomic E-state index is 14.2. The van der Waals surface area contributed by atoms with Gasteiger partial charge in [-0.15, -0.1) is 11.3 Å². The second-order valence-corrected chi connectivity index (χ2v) is 11.5. The van der Waals surface area contributed by atoms with Crippen molar-refractivity contribution in [2.75, 3.05) is 0 Å². The number of hydrogen-bond acceptors (Lipinski definition) is 6. The molecule has 0 saturated carbocycles. The summed E-state index contributed by atoms with van der Waals surface area (Å²) < 4.78 is 35.4. The molecule has 5 aromatic rings. The average molecular weight is 552 g/mol. The lowest BCUT2D eigenvalue weighted by molar-refractivity contribution is -0.136. The van der Waals surface area contributed by atoms with Gasteiger partial charge in [0.1, 0.15) is 11.8 Å². The zero-order valence-electron chi connectivity index (χ0n) is 20.4. The second kappa shape index (κ2) is 10.8. The number of carbonyl (C=O) groups excluding carboxylic acids is 1. The maximum atomic E-state index is 14.2. The molecule has 3 heterocycles. The number of hydrogen-bond donors (Lipinski definition) is 2. The summed E-state index contributed by atoms with van der Waals surface area (Å²) in [5.41, 5.74) is 0.744. The third-order valence-electron chi connectivity index (χ3n) is 6.27. The van der Waals surface area contributed by atoms with E-state index >= 15 is 0 Å². The van der Waals surface area contributed by atoms with E-state index in [4.69, 9.17) is 4.42 Å². The number of H-pyrrole nitrogens is 1. The van der Waals surface area contributed by atoms with Gasteiger partial charge in [-0.05, 0) is 65.7 Å². The highest BCUT2D eigenvalue weighted by atomic mass is 32.2. The van der Waals surface area contributed by atoms with Crippen molar-refractivity contribution in [3.8, 4) is 0 Å². The predicted octanol–water partition coefficient (Wildman–Crippen LogP) is 5.48. The summed E-state index contributed by atoms with van der Waals surface area (Å²) in [4.78, 5) is 31.1. The van der Waals surface area contributed by atoms with Crippen LogP contribution in [-0.2, 0) is 21.4 Å². The molecule has 0 aliphatic heterocycles. The van der Waals surface area contributed by atoms with Crippen LogP contribution in [-0.4, -0.2) is 24.2 Å². The minimum atomic E-state index is -4.14. The molecule has 0 saturated heterocycles. The van der Waals surface area contributed by atoms with Crippen molar-refractivity contribution in [1.29, 1.82) is 0 Å². The van der Waals surface area contributed by atoms with E-state index in [-0.39, 0.29) is 25.9 Å². The molecule has 2 N–H and O–H groups in total. The molecule has 0 fully saturated rings. The van der Waals surface area contributed by atoms with Crippen molar-refractivity contribution < 1.29 is 20.5 Å². The molecule has 0 spiro atoms. The van der Waals surface area contributed by atoms with Crippen LogP contribution in [0, 0.1) is 0 Å². The largest absolute Gasteiger partial charge is 0.467 e. The molecule has 1 amide bonds. The first kappa shape index (κ1) is 25.7. The van der Waals surface area contributed by atoms with Gasteiger partial charge >= 0.3 is 0 Å². The Morgan fingerprint density at radius 1 is 1.05 bits per heavy atom. The zero-order valence-corrected chi connectivity index (χ0v) is 22.0. The van der Waals surface area contributed by atoms with Gasteiger partial charge in [0.2, 0.25) is 21.5 Å². The van der Waals surface area contributed by atoms with Crippen LogP contribution >= 0.6 is 11.3 Å². The van der Waals surface area contributed by atoms with Crippen LogP contribution in [0.3, 0.4) is 0 Å². The first-order valence-electron chi connectivity index (χ1n) is 11.9. The van der Waals surface area contributed by atoms with Gasteiger partial charge < -0.3 is 14.3 Å². The van der Waals surface area contributed by atoms with E-state index in [2.05, 4.69) is 9.71 Å². The molecule has 8 nitrogen and oxygen atoms in total. The number of rotatable bonds is 9. The molecular formula is C28H29N3O5S2. The summed E-state index contributed by atoms with van der Waals surface area (Å²) in [6, 6.07) is 21.9. The van der Waals surface area contributed by atoms with Gasteiger partial charge in [0.15, 0.2) is 0 Å². The van der Waals surface area contributed by atoms with Crippen molar-refractivity contribution in [2.45, 2.75) is 30.4 Å². The minimum absolute atomic E-state index is 0. The van der Waals surface area contributed by atoms with E-state index in [1.54, 1.807) is 53.4 Å². The number of furan rings is 1. The normalized spacial score (nSPS) is 13.3. The Morgan fingerprint density at radius 3 is 2.58 bits per heavy atom. The monoisotopic (exact) mass is 551 g/mol. The summed E-state index contributed by atoms with van der Waals surface area (Å²) in [5.74, 6) is 0.169. The summed E-state index contributed by atoms with van der Waals surface area (Å²) in [7, 11) is -4.14. The number of thiophene rings is 1. The molecule has 3 aromatic heterocycles. The van der Waals surface area contributed by atoms with Gasteiger partial charge in [0.25, 0.3) is 0 Å². The van der Waals surface area contributed by atoms with Gasteiger partial charge in [-0.2, -0.15) is 4.72 Å². The van der Waals surface area contributed by atoms with E-state index in [9.17, 15) is 18.0 Å². The van der Waals surface area contributed by atoms with Crippen LogP contribution in [0.1, 0.15) is 38.1 Å². The fourth-order valence-corrected chi connectivity index (χ4v) is 6.26. The van der Waals surface area contributed by atoms with E-state index in [0.29, 0.717) is 22.2 Å². The number of pyridine rings is 1.